The molecule has 20 heavy (non-hydrogen) atoms. The van der Waals surface area contributed by atoms with Crippen molar-refractivity contribution in [3.8, 4) is 0 Å². The predicted octanol–water partition coefficient (Wildman–Crippen LogP) is 5.50. The van der Waals surface area contributed by atoms with E-state index in [2.05, 4.69) is 62.4 Å². The molecule has 2 aromatic carbocycles. The van der Waals surface area contributed by atoms with Gasteiger partial charge in [-0.1, -0.05) is 62.4 Å². The maximum atomic E-state index is 6.64. The fraction of sp³-hybridized carbons (Fsp3) is 0.368. The molecule has 2 atom stereocenters. The molecule has 1 aliphatic carbocycles. The average molecular weight is 285 g/mol. The van der Waals surface area contributed by atoms with Crippen molar-refractivity contribution >= 4 is 11.6 Å². The molecule has 1 heteroatoms. The molecule has 0 aromatic heterocycles. The van der Waals surface area contributed by atoms with E-state index in [9.17, 15) is 0 Å². The van der Waals surface area contributed by atoms with Crippen molar-refractivity contribution in [2.75, 3.05) is 0 Å². The largest absolute Gasteiger partial charge is 0.117 e. The Morgan fingerprint density at radius 2 is 1.75 bits per heavy atom. The van der Waals surface area contributed by atoms with Gasteiger partial charge in [0.25, 0.3) is 0 Å². The van der Waals surface area contributed by atoms with Crippen LogP contribution in [0.2, 0.25) is 0 Å². The molecule has 0 fully saturated rings. The molecule has 0 radical (unpaired) electrons. The van der Waals surface area contributed by atoms with Crippen LogP contribution in [0.3, 0.4) is 0 Å². The third-order valence-electron chi connectivity index (χ3n) is 4.39. The molecule has 2 aromatic rings. The highest BCUT2D eigenvalue weighted by Gasteiger charge is 2.30. The highest BCUT2D eigenvalue weighted by atomic mass is 35.5. The van der Waals surface area contributed by atoms with Crippen LogP contribution in [-0.4, -0.2) is 0 Å². The summed E-state index contributed by atoms with van der Waals surface area (Å²) in [5.41, 5.74) is 5.57. The molecule has 0 amide bonds. The Labute approximate surface area is 126 Å². The normalized spacial score (nSPS) is 21.2. The highest BCUT2D eigenvalue weighted by molar-refractivity contribution is 6.21. The van der Waals surface area contributed by atoms with Gasteiger partial charge in [0.15, 0.2) is 0 Å². The van der Waals surface area contributed by atoms with Crippen molar-refractivity contribution in [2.45, 2.75) is 38.0 Å². The van der Waals surface area contributed by atoms with E-state index in [4.69, 9.17) is 11.6 Å². The number of alkyl halides is 1. The van der Waals surface area contributed by atoms with Crippen molar-refractivity contribution in [1.29, 1.82) is 0 Å². The minimum atomic E-state index is 0.163. The molecule has 1 aliphatic rings. The minimum absolute atomic E-state index is 0.163. The molecule has 104 valence electrons. The van der Waals surface area contributed by atoms with Crippen molar-refractivity contribution in [3.05, 3.63) is 70.8 Å². The quantitative estimate of drug-likeness (QED) is 0.652. The lowest BCUT2D eigenvalue weighted by Crippen LogP contribution is -2.06. The fourth-order valence-electron chi connectivity index (χ4n) is 3.15. The zero-order valence-corrected chi connectivity index (χ0v) is 12.9. The van der Waals surface area contributed by atoms with Gasteiger partial charge in [0.1, 0.15) is 0 Å². The maximum absolute atomic E-state index is 6.64. The molecular formula is C19H21Cl. The minimum Gasteiger partial charge on any atom is -0.117 e. The standard InChI is InChI=1S/C19H21Cl/c1-13(2)15-9-7-14(8-10-15)11-17-12-16-5-3-4-6-18(16)19(17)20/h3-10,13,17,19H,11-12H2,1-2H3. The summed E-state index contributed by atoms with van der Waals surface area (Å²) in [6.07, 6.45) is 2.18. The van der Waals surface area contributed by atoms with Crippen LogP contribution in [-0.2, 0) is 12.8 Å². The summed E-state index contributed by atoms with van der Waals surface area (Å²) >= 11 is 6.64. The number of hydrogen-bond acceptors (Lipinski definition) is 0. The summed E-state index contributed by atoms with van der Waals surface area (Å²) in [6.45, 7) is 4.47. The fourth-order valence-corrected chi connectivity index (χ4v) is 3.54. The first-order valence-electron chi connectivity index (χ1n) is 7.46. The number of benzene rings is 2. The van der Waals surface area contributed by atoms with Crippen LogP contribution >= 0.6 is 11.6 Å². The summed E-state index contributed by atoms with van der Waals surface area (Å²) in [4.78, 5) is 0. The third-order valence-corrected chi connectivity index (χ3v) is 4.98. The van der Waals surface area contributed by atoms with Gasteiger partial charge < -0.3 is 0 Å². The molecular weight excluding hydrogens is 264 g/mol. The molecule has 0 nitrogen and oxygen atoms in total. The van der Waals surface area contributed by atoms with Crippen LogP contribution in [0.25, 0.3) is 0 Å². The molecule has 2 unspecified atom stereocenters. The lowest BCUT2D eigenvalue weighted by molar-refractivity contribution is 0.543. The Morgan fingerprint density at radius 1 is 1.05 bits per heavy atom. The van der Waals surface area contributed by atoms with Crippen molar-refractivity contribution in [1.82, 2.24) is 0 Å². The lowest BCUT2D eigenvalue weighted by Gasteiger charge is -2.15. The van der Waals surface area contributed by atoms with E-state index < -0.39 is 0 Å². The molecule has 0 heterocycles. The Balaban J connectivity index is 1.73. The predicted molar refractivity (Wildman–Crippen MR) is 86.5 cm³/mol. The van der Waals surface area contributed by atoms with Crippen molar-refractivity contribution in [2.24, 2.45) is 5.92 Å². The van der Waals surface area contributed by atoms with Gasteiger partial charge in [-0.25, -0.2) is 0 Å². The second-order valence-electron chi connectivity index (χ2n) is 6.17. The Bertz CT molecular complexity index is 583. The number of halogens is 1. The first-order valence-corrected chi connectivity index (χ1v) is 7.89. The summed E-state index contributed by atoms with van der Waals surface area (Å²) in [5.74, 6) is 1.12. The first kappa shape index (κ1) is 13.7. The monoisotopic (exact) mass is 284 g/mol. The summed E-state index contributed by atoms with van der Waals surface area (Å²) in [6, 6.07) is 17.6. The van der Waals surface area contributed by atoms with E-state index in [0.717, 1.165) is 12.8 Å². The van der Waals surface area contributed by atoms with E-state index >= 15 is 0 Å². The van der Waals surface area contributed by atoms with E-state index in [-0.39, 0.29) is 5.38 Å². The second-order valence-corrected chi connectivity index (χ2v) is 6.64. The SMILES string of the molecule is CC(C)c1ccc(CC2Cc3ccccc3C2Cl)cc1. The third kappa shape index (κ3) is 2.62. The average Bonchev–Trinajstić information content (AvgIpc) is 2.77. The molecule has 0 N–H and O–H groups in total. The van der Waals surface area contributed by atoms with Gasteiger partial charge in [0, 0.05) is 0 Å². The molecule has 0 saturated carbocycles. The van der Waals surface area contributed by atoms with Gasteiger partial charge >= 0.3 is 0 Å². The number of hydrogen-bond donors (Lipinski definition) is 0. The smallest absolute Gasteiger partial charge is 0.0622 e. The van der Waals surface area contributed by atoms with Gasteiger partial charge in [-0.05, 0) is 46.9 Å². The van der Waals surface area contributed by atoms with Gasteiger partial charge in [0.05, 0.1) is 5.38 Å². The molecule has 0 aliphatic heterocycles. The van der Waals surface area contributed by atoms with Gasteiger partial charge in [-0.3, -0.25) is 0 Å². The topological polar surface area (TPSA) is 0 Å². The maximum Gasteiger partial charge on any atom is 0.0622 e. The number of rotatable bonds is 3. The van der Waals surface area contributed by atoms with Crippen LogP contribution in [0, 0.1) is 5.92 Å². The van der Waals surface area contributed by atoms with Crippen LogP contribution < -0.4 is 0 Å². The van der Waals surface area contributed by atoms with E-state index in [1.807, 2.05) is 0 Å². The summed E-state index contributed by atoms with van der Waals surface area (Å²) < 4.78 is 0. The Hall–Kier alpha value is -1.27. The van der Waals surface area contributed by atoms with E-state index in [1.54, 1.807) is 0 Å². The zero-order valence-electron chi connectivity index (χ0n) is 12.1. The Morgan fingerprint density at radius 3 is 2.40 bits per heavy atom. The molecule has 0 spiro atoms. The van der Waals surface area contributed by atoms with Crippen LogP contribution in [0.5, 0.6) is 0 Å². The van der Waals surface area contributed by atoms with Gasteiger partial charge in [-0.15, -0.1) is 11.6 Å². The van der Waals surface area contributed by atoms with Gasteiger partial charge in [-0.2, -0.15) is 0 Å². The van der Waals surface area contributed by atoms with Gasteiger partial charge in [0.2, 0.25) is 0 Å². The summed E-state index contributed by atoms with van der Waals surface area (Å²) in [5, 5.41) is 0.163. The van der Waals surface area contributed by atoms with Crippen LogP contribution in [0.15, 0.2) is 48.5 Å². The van der Waals surface area contributed by atoms with Crippen LogP contribution in [0.4, 0.5) is 0 Å². The second kappa shape index (κ2) is 5.61. The highest BCUT2D eigenvalue weighted by Crippen LogP contribution is 2.42. The summed E-state index contributed by atoms with van der Waals surface area (Å²) in [7, 11) is 0. The lowest BCUT2D eigenvalue weighted by atomic mass is 9.94. The Kier molecular flexibility index (Phi) is 3.85. The van der Waals surface area contributed by atoms with Crippen molar-refractivity contribution in [3.63, 3.8) is 0 Å². The molecule has 0 bridgehead atoms. The molecule has 0 saturated heterocycles. The van der Waals surface area contributed by atoms with E-state index in [0.29, 0.717) is 11.8 Å². The number of fused-ring (bicyclic) bond motifs is 1. The molecule has 3 rings (SSSR count). The van der Waals surface area contributed by atoms with Crippen molar-refractivity contribution < 1.29 is 0 Å². The first-order chi connectivity index (χ1) is 9.65. The van der Waals surface area contributed by atoms with E-state index in [1.165, 1.54) is 22.3 Å². The van der Waals surface area contributed by atoms with Crippen LogP contribution in [0.1, 0.15) is 47.4 Å². The zero-order chi connectivity index (χ0) is 14.1.